The maximum atomic E-state index is 13.4. The summed E-state index contributed by atoms with van der Waals surface area (Å²) >= 11 is 0. The van der Waals surface area contributed by atoms with Gasteiger partial charge in [0.2, 0.25) is 0 Å². The SMILES string of the molecule is CC(C)(C)ONCCNc1ncc(C#N)cc1F. The Kier molecular flexibility index (Phi) is 5.01. The molecule has 0 saturated heterocycles. The van der Waals surface area contributed by atoms with Gasteiger partial charge in [0.15, 0.2) is 11.6 Å². The summed E-state index contributed by atoms with van der Waals surface area (Å²) in [5, 5.41) is 11.4. The normalized spacial score (nSPS) is 11.1. The topological polar surface area (TPSA) is 70.0 Å². The minimum atomic E-state index is -0.536. The van der Waals surface area contributed by atoms with Crippen molar-refractivity contribution >= 4 is 5.82 Å². The molecular weight excluding hydrogens is 235 g/mol. The summed E-state index contributed by atoms with van der Waals surface area (Å²) in [6.45, 7) is 6.75. The molecule has 0 spiro atoms. The summed E-state index contributed by atoms with van der Waals surface area (Å²) in [6.07, 6.45) is 1.32. The first-order valence-electron chi connectivity index (χ1n) is 5.63. The number of rotatable bonds is 5. The average molecular weight is 252 g/mol. The number of halogens is 1. The fraction of sp³-hybridized carbons (Fsp3) is 0.500. The second kappa shape index (κ2) is 6.28. The number of hydroxylamine groups is 1. The van der Waals surface area contributed by atoms with Crippen LogP contribution in [0.15, 0.2) is 12.3 Å². The molecule has 0 aliphatic heterocycles. The molecule has 5 nitrogen and oxygen atoms in total. The maximum absolute atomic E-state index is 13.4. The smallest absolute Gasteiger partial charge is 0.166 e. The highest BCUT2D eigenvalue weighted by Gasteiger charge is 2.09. The fourth-order valence-electron chi connectivity index (χ4n) is 1.13. The van der Waals surface area contributed by atoms with E-state index in [0.717, 1.165) is 6.07 Å². The lowest BCUT2D eigenvalue weighted by atomic mass is 10.2. The van der Waals surface area contributed by atoms with Crippen molar-refractivity contribution in [3.8, 4) is 6.07 Å². The molecule has 98 valence electrons. The van der Waals surface area contributed by atoms with Gasteiger partial charge in [0.05, 0.1) is 11.2 Å². The zero-order valence-corrected chi connectivity index (χ0v) is 10.7. The molecule has 1 aromatic heterocycles. The number of anilines is 1. The van der Waals surface area contributed by atoms with Gasteiger partial charge in [-0.15, -0.1) is 0 Å². The second-order valence-corrected chi connectivity index (χ2v) is 4.70. The monoisotopic (exact) mass is 252 g/mol. The maximum Gasteiger partial charge on any atom is 0.166 e. The van der Waals surface area contributed by atoms with E-state index in [1.54, 1.807) is 0 Å². The summed E-state index contributed by atoms with van der Waals surface area (Å²) in [4.78, 5) is 9.11. The van der Waals surface area contributed by atoms with E-state index in [2.05, 4.69) is 15.8 Å². The number of nitriles is 1. The highest BCUT2D eigenvalue weighted by Crippen LogP contribution is 2.10. The molecular formula is C12H17FN4O. The Morgan fingerprint density at radius 2 is 2.17 bits per heavy atom. The van der Waals surface area contributed by atoms with Crippen LogP contribution in [0.25, 0.3) is 0 Å². The van der Waals surface area contributed by atoms with Crippen molar-refractivity contribution in [1.82, 2.24) is 10.5 Å². The Balaban J connectivity index is 2.34. The quantitative estimate of drug-likeness (QED) is 0.618. The highest BCUT2D eigenvalue weighted by molar-refractivity contribution is 5.40. The number of nitrogens with one attached hydrogen (secondary N) is 2. The van der Waals surface area contributed by atoms with Gasteiger partial charge in [0.25, 0.3) is 0 Å². The summed E-state index contributed by atoms with van der Waals surface area (Å²) < 4.78 is 13.4. The number of pyridine rings is 1. The van der Waals surface area contributed by atoms with E-state index in [9.17, 15) is 4.39 Å². The van der Waals surface area contributed by atoms with Gasteiger partial charge in [-0.3, -0.25) is 4.84 Å². The summed E-state index contributed by atoms with van der Waals surface area (Å²) in [6, 6.07) is 2.97. The van der Waals surface area contributed by atoms with Gasteiger partial charge in [-0.05, 0) is 26.8 Å². The van der Waals surface area contributed by atoms with Crippen LogP contribution in [-0.4, -0.2) is 23.7 Å². The fourth-order valence-corrected chi connectivity index (χ4v) is 1.13. The molecule has 0 unspecified atom stereocenters. The number of nitrogens with zero attached hydrogens (tertiary/aromatic N) is 2. The first-order valence-corrected chi connectivity index (χ1v) is 5.63. The molecule has 6 heteroatoms. The van der Waals surface area contributed by atoms with Gasteiger partial charge in [-0.25, -0.2) is 14.9 Å². The third-order valence-electron chi connectivity index (χ3n) is 1.87. The molecule has 0 fully saturated rings. The lowest BCUT2D eigenvalue weighted by Crippen LogP contribution is -2.32. The van der Waals surface area contributed by atoms with Crippen LogP contribution in [0.4, 0.5) is 10.2 Å². The molecule has 0 aliphatic rings. The van der Waals surface area contributed by atoms with E-state index in [1.165, 1.54) is 6.20 Å². The van der Waals surface area contributed by atoms with Crippen LogP contribution < -0.4 is 10.8 Å². The molecule has 0 bridgehead atoms. The van der Waals surface area contributed by atoms with Crippen LogP contribution in [0.2, 0.25) is 0 Å². The van der Waals surface area contributed by atoms with Gasteiger partial charge in [0.1, 0.15) is 6.07 Å². The lowest BCUT2D eigenvalue weighted by molar-refractivity contribution is -0.0706. The summed E-state index contributed by atoms with van der Waals surface area (Å²) in [5.74, 6) is -0.405. The Morgan fingerprint density at radius 1 is 1.44 bits per heavy atom. The van der Waals surface area contributed by atoms with Crippen molar-refractivity contribution in [1.29, 1.82) is 5.26 Å². The average Bonchev–Trinajstić information content (AvgIpc) is 2.29. The first kappa shape index (κ1) is 14.4. The van der Waals surface area contributed by atoms with Gasteiger partial charge >= 0.3 is 0 Å². The largest absolute Gasteiger partial charge is 0.366 e. The molecule has 1 aromatic rings. The van der Waals surface area contributed by atoms with Crippen molar-refractivity contribution < 1.29 is 9.23 Å². The summed E-state index contributed by atoms with van der Waals surface area (Å²) in [5.41, 5.74) is 2.71. The van der Waals surface area contributed by atoms with E-state index in [-0.39, 0.29) is 17.0 Å². The van der Waals surface area contributed by atoms with E-state index in [4.69, 9.17) is 10.1 Å². The van der Waals surface area contributed by atoms with Crippen molar-refractivity contribution in [2.24, 2.45) is 0 Å². The predicted octanol–water partition coefficient (Wildman–Crippen LogP) is 1.82. The van der Waals surface area contributed by atoms with E-state index in [0.29, 0.717) is 13.1 Å². The highest BCUT2D eigenvalue weighted by atomic mass is 19.1. The molecule has 0 aliphatic carbocycles. The molecule has 1 heterocycles. The van der Waals surface area contributed by atoms with Crippen molar-refractivity contribution in [2.45, 2.75) is 26.4 Å². The molecule has 0 amide bonds. The minimum absolute atomic E-state index is 0.131. The van der Waals surface area contributed by atoms with Crippen molar-refractivity contribution in [3.05, 3.63) is 23.6 Å². The molecule has 18 heavy (non-hydrogen) atoms. The van der Waals surface area contributed by atoms with E-state index >= 15 is 0 Å². The standard InChI is InChI=1S/C12H17FN4O/c1-12(2,3)18-17-5-4-15-11-10(13)6-9(7-14)8-16-11/h6,8,17H,4-5H2,1-3H3,(H,15,16). The first-order chi connectivity index (χ1) is 8.42. The van der Waals surface area contributed by atoms with Crippen LogP contribution in [0.1, 0.15) is 26.3 Å². The van der Waals surface area contributed by atoms with Crippen LogP contribution >= 0.6 is 0 Å². The molecule has 2 N–H and O–H groups in total. The van der Waals surface area contributed by atoms with Crippen LogP contribution in [0, 0.1) is 17.1 Å². The molecule has 0 saturated carbocycles. The predicted molar refractivity (Wildman–Crippen MR) is 66.2 cm³/mol. The number of hydrogen-bond donors (Lipinski definition) is 2. The molecule has 0 atom stereocenters. The van der Waals surface area contributed by atoms with Crippen molar-refractivity contribution in [2.75, 3.05) is 18.4 Å². The van der Waals surface area contributed by atoms with E-state index in [1.807, 2.05) is 26.8 Å². The molecule has 0 radical (unpaired) electrons. The van der Waals surface area contributed by atoms with Gasteiger partial charge in [-0.1, -0.05) is 0 Å². The molecule has 0 aromatic carbocycles. The Bertz CT molecular complexity index is 437. The van der Waals surface area contributed by atoms with Crippen molar-refractivity contribution in [3.63, 3.8) is 0 Å². The minimum Gasteiger partial charge on any atom is -0.366 e. The van der Waals surface area contributed by atoms with Gasteiger partial charge in [-0.2, -0.15) is 5.26 Å². The second-order valence-electron chi connectivity index (χ2n) is 4.70. The number of aromatic nitrogens is 1. The number of hydrogen-bond acceptors (Lipinski definition) is 5. The van der Waals surface area contributed by atoms with Crippen LogP contribution in [-0.2, 0) is 4.84 Å². The third kappa shape index (κ3) is 5.08. The van der Waals surface area contributed by atoms with Gasteiger partial charge < -0.3 is 5.32 Å². The van der Waals surface area contributed by atoms with E-state index < -0.39 is 5.82 Å². The molecule has 1 rings (SSSR count). The zero-order chi connectivity index (χ0) is 13.6. The third-order valence-corrected chi connectivity index (χ3v) is 1.87. The Labute approximate surface area is 106 Å². The van der Waals surface area contributed by atoms with Gasteiger partial charge in [0, 0.05) is 19.3 Å². The lowest BCUT2D eigenvalue weighted by Gasteiger charge is -2.19. The zero-order valence-electron chi connectivity index (χ0n) is 10.7. The Morgan fingerprint density at radius 3 is 2.72 bits per heavy atom. The Hall–Kier alpha value is -1.71. The van der Waals surface area contributed by atoms with Crippen LogP contribution in [0.5, 0.6) is 0 Å². The van der Waals surface area contributed by atoms with Crippen LogP contribution in [0.3, 0.4) is 0 Å². The summed E-state index contributed by atoms with van der Waals surface area (Å²) in [7, 11) is 0.